The molecule has 0 radical (unpaired) electrons. The van der Waals surface area contributed by atoms with Gasteiger partial charge in [0, 0.05) is 17.9 Å². The van der Waals surface area contributed by atoms with Crippen LogP contribution in [-0.2, 0) is 14.3 Å². The highest BCUT2D eigenvalue weighted by atomic mass is 79.9. The van der Waals surface area contributed by atoms with Crippen molar-refractivity contribution in [2.75, 3.05) is 11.9 Å². The maximum atomic E-state index is 13.2. The van der Waals surface area contributed by atoms with Gasteiger partial charge in [0.2, 0.25) is 0 Å². The number of amides is 3. The van der Waals surface area contributed by atoms with Gasteiger partial charge in [-0.3, -0.25) is 19.3 Å². The Morgan fingerprint density at radius 1 is 0.970 bits per heavy atom. The van der Waals surface area contributed by atoms with Crippen molar-refractivity contribution in [3.8, 4) is 0 Å². The summed E-state index contributed by atoms with van der Waals surface area (Å²) >= 11 is 19.4. The molecule has 7 nitrogen and oxygen atoms in total. The predicted octanol–water partition coefficient (Wildman–Crippen LogP) is 6.19. The van der Waals surface area contributed by atoms with Crippen LogP contribution in [0.25, 0.3) is 0 Å². The molecule has 12 heteroatoms. The highest BCUT2D eigenvalue weighted by molar-refractivity contribution is 9.15. The summed E-state index contributed by atoms with van der Waals surface area (Å²) < 4.78 is 7.01. The van der Waals surface area contributed by atoms with Gasteiger partial charge in [0.05, 0.1) is 21.8 Å². The number of imide groups is 1. The van der Waals surface area contributed by atoms with Crippen LogP contribution >= 0.6 is 75.3 Å². The first kappa shape index (κ1) is 26.3. The van der Waals surface area contributed by atoms with Gasteiger partial charge < -0.3 is 10.1 Å². The second kappa shape index (κ2) is 10.6. The van der Waals surface area contributed by atoms with E-state index < -0.39 is 42.3 Å². The standard InChI is InChI=1S/C21H15Br4ClN2O5/c1-8(2)18(21(32)33-7-11(29)27-10-6-4-3-5-9(10)26)28-19(30)12-13(20(28)31)15(23)17(25)16(24)14(12)22/h3-6,8,18H,7H2,1-2H3,(H,27,29)/t18-/m0/s1. The van der Waals surface area contributed by atoms with E-state index in [2.05, 4.69) is 69.0 Å². The molecule has 3 amide bonds. The van der Waals surface area contributed by atoms with Gasteiger partial charge in [-0.2, -0.15) is 0 Å². The van der Waals surface area contributed by atoms with Crippen molar-refractivity contribution < 1.29 is 23.9 Å². The van der Waals surface area contributed by atoms with E-state index in [4.69, 9.17) is 16.3 Å². The molecule has 0 fully saturated rings. The van der Waals surface area contributed by atoms with Crippen LogP contribution < -0.4 is 5.32 Å². The lowest BCUT2D eigenvalue weighted by Gasteiger charge is -2.27. The number of fused-ring (bicyclic) bond motifs is 1. The fourth-order valence-electron chi connectivity index (χ4n) is 3.27. The first-order chi connectivity index (χ1) is 15.5. The first-order valence-corrected chi connectivity index (χ1v) is 13.0. The van der Waals surface area contributed by atoms with Crippen molar-refractivity contribution in [1.29, 1.82) is 0 Å². The van der Waals surface area contributed by atoms with Crippen LogP contribution in [0.2, 0.25) is 5.02 Å². The second-order valence-electron chi connectivity index (χ2n) is 7.31. The molecule has 174 valence electrons. The number of halogens is 5. The van der Waals surface area contributed by atoms with Crippen LogP contribution in [0.4, 0.5) is 5.69 Å². The Bertz CT molecular complexity index is 1140. The van der Waals surface area contributed by atoms with Gasteiger partial charge >= 0.3 is 5.97 Å². The van der Waals surface area contributed by atoms with E-state index in [-0.39, 0.29) is 11.1 Å². The van der Waals surface area contributed by atoms with Crippen molar-refractivity contribution in [2.45, 2.75) is 19.9 Å². The first-order valence-electron chi connectivity index (χ1n) is 9.42. The molecule has 0 spiro atoms. The molecule has 1 atom stereocenters. The number of rotatable bonds is 6. The zero-order valence-electron chi connectivity index (χ0n) is 17.0. The Kier molecular flexibility index (Phi) is 8.42. The number of hydrogen-bond donors (Lipinski definition) is 1. The summed E-state index contributed by atoms with van der Waals surface area (Å²) in [4.78, 5) is 52.5. The van der Waals surface area contributed by atoms with Crippen LogP contribution in [0.15, 0.2) is 42.2 Å². The molecule has 1 N–H and O–H groups in total. The average Bonchev–Trinajstić information content (AvgIpc) is 3.01. The lowest BCUT2D eigenvalue weighted by Crippen LogP contribution is -2.49. The van der Waals surface area contributed by atoms with Crippen molar-refractivity contribution >= 4 is 105 Å². The summed E-state index contributed by atoms with van der Waals surface area (Å²) in [6, 6.07) is 5.37. The zero-order chi connectivity index (χ0) is 24.6. The average molecular weight is 730 g/mol. The number of carbonyl (C=O) groups excluding carboxylic acids is 4. The predicted molar refractivity (Wildman–Crippen MR) is 137 cm³/mol. The smallest absolute Gasteiger partial charge is 0.330 e. The molecular weight excluding hydrogens is 715 g/mol. The number of nitrogens with zero attached hydrogens (tertiary/aromatic N) is 1. The van der Waals surface area contributed by atoms with E-state index in [0.29, 0.717) is 28.6 Å². The Morgan fingerprint density at radius 3 is 1.97 bits per heavy atom. The van der Waals surface area contributed by atoms with Crippen LogP contribution in [0.1, 0.15) is 34.6 Å². The van der Waals surface area contributed by atoms with Crippen molar-refractivity contribution in [1.82, 2.24) is 4.90 Å². The number of ether oxygens (including phenoxy) is 1. The fraction of sp³-hybridized carbons (Fsp3) is 0.238. The summed E-state index contributed by atoms with van der Waals surface area (Å²) in [6.45, 7) is 2.74. The maximum Gasteiger partial charge on any atom is 0.330 e. The van der Waals surface area contributed by atoms with Crippen molar-refractivity contribution in [2.24, 2.45) is 5.92 Å². The number of nitrogens with one attached hydrogen (secondary N) is 1. The van der Waals surface area contributed by atoms with E-state index >= 15 is 0 Å². The van der Waals surface area contributed by atoms with Gasteiger partial charge in [-0.1, -0.05) is 37.6 Å². The SMILES string of the molecule is CC(C)[C@@H](C(=O)OCC(=O)Nc1ccccc1Cl)N1C(=O)c2c(Br)c(Br)c(Br)c(Br)c2C1=O. The van der Waals surface area contributed by atoms with Gasteiger partial charge in [0.25, 0.3) is 17.7 Å². The summed E-state index contributed by atoms with van der Waals surface area (Å²) in [5, 5.41) is 2.87. The molecule has 0 saturated heterocycles. The number of carbonyl (C=O) groups is 4. The van der Waals surface area contributed by atoms with Crippen LogP contribution in [-0.4, -0.2) is 41.2 Å². The van der Waals surface area contributed by atoms with Crippen LogP contribution in [0.3, 0.4) is 0 Å². The van der Waals surface area contributed by atoms with E-state index in [9.17, 15) is 19.2 Å². The largest absolute Gasteiger partial charge is 0.454 e. The summed E-state index contributed by atoms with van der Waals surface area (Å²) in [5.41, 5.74) is 0.612. The molecule has 33 heavy (non-hydrogen) atoms. The molecule has 1 aliphatic rings. The Morgan fingerprint density at radius 2 is 1.48 bits per heavy atom. The summed E-state index contributed by atoms with van der Waals surface area (Å²) in [7, 11) is 0. The van der Waals surface area contributed by atoms with Crippen LogP contribution in [0, 0.1) is 5.92 Å². The molecule has 0 saturated carbocycles. The van der Waals surface area contributed by atoms with Gasteiger partial charge in [0.15, 0.2) is 6.61 Å². The van der Waals surface area contributed by atoms with Gasteiger partial charge in [-0.05, 0) is 81.8 Å². The Hall–Kier alpha value is -1.27. The molecular formula is C21H15Br4ClN2O5. The lowest BCUT2D eigenvalue weighted by atomic mass is 10.0. The minimum atomic E-state index is -1.23. The summed E-state index contributed by atoms with van der Waals surface area (Å²) in [5.74, 6) is -3.26. The Balaban J connectivity index is 1.82. The zero-order valence-corrected chi connectivity index (χ0v) is 24.1. The third-order valence-corrected chi connectivity index (χ3v) is 9.87. The lowest BCUT2D eigenvalue weighted by molar-refractivity contribution is -0.152. The van der Waals surface area contributed by atoms with Crippen molar-refractivity contribution in [3.63, 3.8) is 0 Å². The fourth-order valence-corrected chi connectivity index (χ4v) is 5.91. The normalized spacial score (nSPS) is 13.9. The summed E-state index contributed by atoms with van der Waals surface area (Å²) in [6.07, 6.45) is 0. The van der Waals surface area contributed by atoms with Crippen molar-refractivity contribution in [3.05, 3.63) is 58.3 Å². The Labute approximate surface area is 228 Å². The van der Waals surface area contributed by atoms with E-state index in [0.717, 1.165) is 4.90 Å². The molecule has 1 aliphatic heterocycles. The second-order valence-corrected chi connectivity index (χ2v) is 10.9. The molecule has 0 unspecified atom stereocenters. The molecule has 0 bridgehead atoms. The van der Waals surface area contributed by atoms with Crippen LogP contribution in [0.5, 0.6) is 0 Å². The highest BCUT2D eigenvalue weighted by Crippen LogP contribution is 2.46. The topological polar surface area (TPSA) is 92.8 Å². The molecule has 2 aromatic rings. The third kappa shape index (κ3) is 5.07. The molecule has 0 aliphatic carbocycles. The quantitative estimate of drug-likeness (QED) is 0.166. The van der Waals surface area contributed by atoms with E-state index in [1.807, 2.05) is 0 Å². The number of anilines is 1. The molecule has 3 rings (SSSR count). The number of benzene rings is 2. The number of para-hydroxylation sites is 1. The third-order valence-electron chi connectivity index (χ3n) is 4.78. The highest BCUT2D eigenvalue weighted by Gasteiger charge is 2.47. The minimum absolute atomic E-state index is 0.122. The maximum absolute atomic E-state index is 13.2. The molecule has 2 aromatic carbocycles. The van der Waals surface area contributed by atoms with Gasteiger partial charge in [-0.15, -0.1) is 0 Å². The minimum Gasteiger partial charge on any atom is -0.454 e. The number of hydrogen-bond acceptors (Lipinski definition) is 5. The van der Waals surface area contributed by atoms with E-state index in [1.54, 1.807) is 38.1 Å². The molecule has 0 aromatic heterocycles. The monoisotopic (exact) mass is 726 g/mol. The molecule has 1 heterocycles. The van der Waals surface area contributed by atoms with E-state index in [1.165, 1.54) is 0 Å². The van der Waals surface area contributed by atoms with Gasteiger partial charge in [-0.25, -0.2) is 4.79 Å². The number of esters is 1. The van der Waals surface area contributed by atoms with Gasteiger partial charge in [0.1, 0.15) is 6.04 Å².